The van der Waals surface area contributed by atoms with Crippen LogP contribution in [0.15, 0.2) is 0 Å². The van der Waals surface area contributed by atoms with Crippen molar-refractivity contribution in [3.63, 3.8) is 0 Å². The summed E-state index contributed by atoms with van der Waals surface area (Å²) in [5.41, 5.74) is 0. The van der Waals surface area contributed by atoms with Gasteiger partial charge in [-0.05, 0) is 25.2 Å². The number of nitrogens with one attached hydrogen (secondary N) is 1. The van der Waals surface area contributed by atoms with E-state index in [1.807, 2.05) is 0 Å². The monoisotopic (exact) mass is 296 g/mol. The summed E-state index contributed by atoms with van der Waals surface area (Å²) in [7, 11) is 0. The highest BCUT2D eigenvalue weighted by Gasteiger charge is 2.42. The molecule has 0 spiro atoms. The topological polar surface area (TPSA) is 32.3 Å². The summed E-state index contributed by atoms with van der Waals surface area (Å²) < 4.78 is 0. The molecule has 0 aromatic heterocycles. The number of hydrogen-bond acceptors (Lipinski definition) is 2. The minimum absolute atomic E-state index is 0.0540. The molecule has 1 aliphatic heterocycles. The molecule has 1 rings (SSSR count). The van der Waals surface area contributed by atoms with Gasteiger partial charge in [-0.1, -0.05) is 66.7 Å². The number of carbonyl (C=O) groups excluding carboxylic acids is 1. The van der Waals surface area contributed by atoms with E-state index in [0.717, 1.165) is 38.5 Å². The Morgan fingerprint density at radius 3 is 2.24 bits per heavy atom. The van der Waals surface area contributed by atoms with Crippen LogP contribution in [-0.4, -0.2) is 29.1 Å². The zero-order valence-corrected chi connectivity index (χ0v) is 14.8. The molecule has 0 radical (unpaired) electrons. The Labute approximate surface area is 131 Å². The second kappa shape index (κ2) is 9.45. The molecule has 0 aromatic carbocycles. The third-order valence-corrected chi connectivity index (χ3v) is 4.61. The summed E-state index contributed by atoms with van der Waals surface area (Å²) in [4.78, 5) is 15.1. The van der Waals surface area contributed by atoms with Crippen LogP contribution in [0.5, 0.6) is 0 Å². The molecule has 1 heterocycles. The van der Waals surface area contributed by atoms with E-state index in [0.29, 0.717) is 17.9 Å². The SMILES string of the molecule is CCCCC1NC(C(C)C)N(C(CCC)CCCC)C1=O. The predicted molar refractivity (Wildman–Crippen MR) is 90.1 cm³/mol. The molecule has 3 heteroatoms. The second-order valence-electron chi connectivity index (χ2n) is 6.88. The van der Waals surface area contributed by atoms with Crippen molar-refractivity contribution in [2.45, 2.75) is 104 Å². The Kier molecular flexibility index (Phi) is 8.31. The van der Waals surface area contributed by atoms with Crippen molar-refractivity contribution in [3.8, 4) is 0 Å². The number of carbonyl (C=O) groups is 1. The number of nitrogens with zero attached hydrogens (tertiary/aromatic N) is 1. The van der Waals surface area contributed by atoms with E-state index < -0.39 is 0 Å². The first-order chi connectivity index (χ1) is 10.1. The van der Waals surface area contributed by atoms with Crippen LogP contribution in [0.1, 0.15) is 86.0 Å². The van der Waals surface area contributed by atoms with Gasteiger partial charge in [-0.25, -0.2) is 0 Å². The van der Waals surface area contributed by atoms with Crippen molar-refractivity contribution < 1.29 is 4.79 Å². The Morgan fingerprint density at radius 2 is 1.71 bits per heavy atom. The average Bonchev–Trinajstić information content (AvgIpc) is 2.78. The Morgan fingerprint density at radius 1 is 1.05 bits per heavy atom. The lowest BCUT2D eigenvalue weighted by molar-refractivity contribution is -0.133. The van der Waals surface area contributed by atoms with Gasteiger partial charge >= 0.3 is 0 Å². The molecule has 124 valence electrons. The third-order valence-electron chi connectivity index (χ3n) is 4.61. The summed E-state index contributed by atoms with van der Waals surface area (Å²) in [5, 5.41) is 3.62. The van der Waals surface area contributed by atoms with Crippen LogP contribution in [0, 0.1) is 5.92 Å². The van der Waals surface area contributed by atoms with Gasteiger partial charge in [0.25, 0.3) is 0 Å². The summed E-state index contributed by atoms with van der Waals surface area (Å²) in [6.07, 6.45) is 9.39. The quantitative estimate of drug-likeness (QED) is 0.651. The lowest BCUT2D eigenvalue weighted by atomic mass is 10.0. The lowest BCUT2D eigenvalue weighted by Gasteiger charge is -2.35. The van der Waals surface area contributed by atoms with Gasteiger partial charge in [0.15, 0.2) is 0 Å². The molecular weight excluding hydrogens is 260 g/mol. The fraction of sp³-hybridized carbons (Fsp3) is 0.944. The molecule has 1 fully saturated rings. The van der Waals surface area contributed by atoms with Gasteiger partial charge in [0.2, 0.25) is 5.91 Å². The van der Waals surface area contributed by atoms with Crippen LogP contribution < -0.4 is 5.32 Å². The Hall–Kier alpha value is -0.570. The molecule has 1 N–H and O–H groups in total. The van der Waals surface area contributed by atoms with Crippen molar-refractivity contribution in [2.24, 2.45) is 5.92 Å². The maximum absolute atomic E-state index is 12.9. The van der Waals surface area contributed by atoms with Crippen molar-refractivity contribution in [1.29, 1.82) is 0 Å². The van der Waals surface area contributed by atoms with Gasteiger partial charge in [0.1, 0.15) is 0 Å². The molecule has 0 aromatic rings. The molecule has 3 unspecified atom stereocenters. The minimum Gasteiger partial charge on any atom is -0.323 e. The Bertz CT molecular complexity index is 304. The zero-order valence-electron chi connectivity index (χ0n) is 14.8. The summed E-state index contributed by atoms with van der Waals surface area (Å²) >= 11 is 0. The normalized spacial score (nSPS) is 24.1. The Balaban J connectivity index is 2.83. The largest absolute Gasteiger partial charge is 0.323 e. The molecular formula is C18H36N2O. The molecule has 3 atom stereocenters. The lowest BCUT2D eigenvalue weighted by Crippen LogP contribution is -2.47. The van der Waals surface area contributed by atoms with Crippen molar-refractivity contribution >= 4 is 5.91 Å². The molecule has 1 saturated heterocycles. The van der Waals surface area contributed by atoms with Crippen molar-refractivity contribution in [1.82, 2.24) is 10.2 Å². The van der Waals surface area contributed by atoms with E-state index in [2.05, 4.69) is 44.8 Å². The highest BCUT2D eigenvalue weighted by molar-refractivity contribution is 5.84. The smallest absolute Gasteiger partial charge is 0.241 e. The first kappa shape index (κ1) is 18.5. The second-order valence-corrected chi connectivity index (χ2v) is 6.88. The average molecular weight is 296 g/mol. The van der Waals surface area contributed by atoms with Crippen molar-refractivity contribution in [3.05, 3.63) is 0 Å². The standard InChI is InChI=1S/C18H36N2O/c1-6-9-12-15(11-8-3)20-17(14(4)5)19-16(18(20)21)13-10-7-2/h14-17,19H,6-13H2,1-5H3. The van der Waals surface area contributed by atoms with Gasteiger partial charge in [-0.15, -0.1) is 0 Å². The molecule has 0 aliphatic carbocycles. The molecule has 1 amide bonds. The van der Waals surface area contributed by atoms with Gasteiger partial charge < -0.3 is 4.90 Å². The summed E-state index contributed by atoms with van der Waals surface area (Å²) in [6, 6.07) is 0.479. The fourth-order valence-corrected chi connectivity index (χ4v) is 3.41. The van der Waals surface area contributed by atoms with E-state index >= 15 is 0 Å². The zero-order chi connectivity index (χ0) is 15.8. The minimum atomic E-state index is 0.0540. The van der Waals surface area contributed by atoms with Crippen LogP contribution in [0.2, 0.25) is 0 Å². The summed E-state index contributed by atoms with van der Waals surface area (Å²) in [5.74, 6) is 0.832. The van der Waals surface area contributed by atoms with E-state index in [4.69, 9.17) is 0 Å². The van der Waals surface area contributed by atoms with Crippen LogP contribution in [-0.2, 0) is 4.79 Å². The highest BCUT2D eigenvalue weighted by Crippen LogP contribution is 2.27. The summed E-state index contributed by atoms with van der Waals surface area (Å²) in [6.45, 7) is 11.1. The number of hydrogen-bond donors (Lipinski definition) is 1. The molecule has 21 heavy (non-hydrogen) atoms. The van der Waals surface area contributed by atoms with Gasteiger partial charge in [-0.3, -0.25) is 10.1 Å². The fourth-order valence-electron chi connectivity index (χ4n) is 3.41. The van der Waals surface area contributed by atoms with E-state index in [1.165, 1.54) is 12.8 Å². The number of unbranched alkanes of at least 4 members (excludes halogenated alkanes) is 2. The number of rotatable bonds is 10. The van der Waals surface area contributed by atoms with Gasteiger partial charge in [-0.2, -0.15) is 0 Å². The van der Waals surface area contributed by atoms with Crippen LogP contribution in [0.25, 0.3) is 0 Å². The molecule has 0 saturated carbocycles. The van der Waals surface area contributed by atoms with Gasteiger partial charge in [0.05, 0.1) is 12.2 Å². The third kappa shape index (κ3) is 4.98. The van der Waals surface area contributed by atoms with E-state index in [-0.39, 0.29) is 12.2 Å². The van der Waals surface area contributed by atoms with Gasteiger partial charge in [0, 0.05) is 6.04 Å². The van der Waals surface area contributed by atoms with Crippen LogP contribution in [0.3, 0.4) is 0 Å². The van der Waals surface area contributed by atoms with Crippen LogP contribution in [0.4, 0.5) is 0 Å². The predicted octanol–water partition coefficient (Wildman–Crippen LogP) is 4.32. The van der Waals surface area contributed by atoms with E-state index in [9.17, 15) is 4.79 Å². The number of amides is 1. The maximum Gasteiger partial charge on any atom is 0.241 e. The van der Waals surface area contributed by atoms with Crippen molar-refractivity contribution in [2.75, 3.05) is 0 Å². The first-order valence-corrected chi connectivity index (χ1v) is 9.14. The van der Waals surface area contributed by atoms with Crippen LogP contribution >= 0.6 is 0 Å². The van der Waals surface area contributed by atoms with E-state index in [1.54, 1.807) is 0 Å². The molecule has 0 bridgehead atoms. The first-order valence-electron chi connectivity index (χ1n) is 9.14. The maximum atomic E-state index is 12.9. The highest BCUT2D eigenvalue weighted by atomic mass is 16.2. The molecule has 3 nitrogen and oxygen atoms in total. The molecule has 1 aliphatic rings.